The van der Waals surface area contributed by atoms with Crippen LogP contribution in [0.25, 0.3) is 0 Å². The molecule has 0 aliphatic rings. The molecule has 0 amide bonds. The van der Waals surface area contributed by atoms with E-state index in [9.17, 15) is 0 Å². The van der Waals surface area contributed by atoms with E-state index < -0.39 is 0 Å². The Morgan fingerprint density at radius 1 is 0.167 bits per heavy atom. The first-order valence-corrected chi connectivity index (χ1v) is 19.7. The highest BCUT2D eigenvalue weighted by atomic mass is 16.6. The Morgan fingerprint density at radius 2 is 0.333 bits per heavy atom. The zero-order valence-corrected chi connectivity index (χ0v) is 31.5. The lowest BCUT2D eigenvalue weighted by atomic mass is 10.0. The van der Waals surface area contributed by atoms with Gasteiger partial charge in [-0.05, 0) is 12.8 Å². The van der Waals surface area contributed by atoms with Crippen LogP contribution in [-0.2, 0) is 47.4 Å². The van der Waals surface area contributed by atoms with Crippen molar-refractivity contribution < 1.29 is 47.4 Å². The molecule has 10 heteroatoms. The van der Waals surface area contributed by atoms with Crippen molar-refractivity contribution in [3.05, 3.63) is 0 Å². The van der Waals surface area contributed by atoms with Gasteiger partial charge < -0.3 is 47.4 Å². The largest absolute Gasteiger partial charge is 0.379 e. The quantitative estimate of drug-likeness (QED) is 0.0600. The fraction of sp³-hybridized carbons (Fsp3) is 1.00. The Bertz CT molecular complexity index is 498. The van der Waals surface area contributed by atoms with Crippen LogP contribution in [0.15, 0.2) is 0 Å². The van der Waals surface area contributed by atoms with Crippen molar-refractivity contribution in [2.45, 2.75) is 117 Å². The van der Waals surface area contributed by atoms with E-state index in [2.05, 4.69) is 13.8 Å². The summed E-state index contributed by atoms with van der Waals surface area (Å²) in [5, 5.41) is 0. The molecule has 0 bridgehead atoms. The normalized spacial score (nSPS) is 11.6. The number of hydrogen-bond donors (Lipinski definition) is 0. The zero-order valence-electron chi connectivity index (χ0n) is 31.5. The molecule has 0 saturated carbocycles. The molecule has 0 aliphatic heterocycles. The summed E-state index contributed by atoms with van der Waals surface area (Å²) < 4.78 is 55.1. The van der Waals surface area contributed by atoms with Gasteiger partial charge in [-0.25, -0.2) is 0 Å². The van der Waals surface area contributed by atoms with Crippen molar-refractivity contribution in [2.75, 3.05) is 132 Å². The Balaban J connectivity index is 3.04. The van der Waals surface area contributed by atoms with E-state index in [-0.39, 0.29) is 0 Å². The first kappa shape index (κ1) is 47.6. The van der Waals surface area contributed by atoms with Gasteiger partial charge in [-0.15, -0.1) is 0 Å². The Labute approximate surface area is 295 Å². The summed E-state index contributed by atoms with van der Waals surface area (Å²) in [6, 6.07) is 0. The van der Waals surface area contributed by atoms with Gasteiger partial charge in [-0.3, -0.25) is 0 Å². The van der Waals surface area contributed by atoms with E-state index in [0.29, 0.717) is 119 Å². The Hall–Kier alpha value is -0.400. The maximum Gasteiger partial charge on any atom is 0.0701 e. The van der Waals surface area contributed by atoms with Crippen molar-refractivity contribution in [3.8, 4) is 0 Å². The molecule has 0 saturated heterocycles. The van der Waals surface area contributed by atoms with Crippen LogP contribution in [-0.4, -0.2) is 132 Å². The SMILES string of the molecule is CCCCCCCCCCCCCCCCOCCOCCOCCOCCOCCOCCOCCOCCOCCOCCCC. The number of unbranched alkanes of at least 4 members (excludes halogenated alkanes) is 14. The topological polar surface area (TPSA) is 92.3 Å². The summed E-state index contributed by atoms with van der Waals surface area (Å²) >= 11 is 0. The van der Waals surface area contributed by atoms with Crippen LogP contribution in [0.1, 0.15) is 117 Å². The van der Waals surface area contributed by atoms with E-state index in [0.717, 1.165) is 32.5 Å². The molecule has 0 heterocycles. The third-order valence-electron chi connectivity index (χ3n) is 7.63. The average Bonchev–Trinajstić information content (AvgIpc) is 3.10. The van der Waals surface area contributed by atoms with Crippen LogP contribution in [0.4, 0.5) is 0 Å². The molecule has 0 aliphatic carbocycles. The average molecular weight is 695 g/mol. The predicted molar refractivity (Wildman–Crippen MR) is 193 cm³/mol. The first-order valence-electron chi connectivity index (χ1n) is 19.7. The van der Waals surface area contributed by atoms with Crippen LogP contribution < -0.4 is 0 Å². The molecule has 0 aromatic carbocycles. The molecule has 0 aromatic heterocycles. The van der Waals surface area contributed by atoms with E-state index in [4.69, 9.17) is 47.4 Å². The summed E-state index contributed by atoms with van der Waals surface area (Å²) in [5.74, 6) is 0. The molecule has 48 heavy (non-hydrogen) atoms. The smallest absolute Gasteiger partial charge is 0.0701 e. The summed E-state index contributed by atoms with van der Waals surface area (Å²) in [6.07, 6.45) is 21.5. The van der Waals surface area contributed by atoms with Gasteiger partial charge in [0.2, 0.25) is 0 Å². The molecule has 0 fully saturated rings. The number of hydrogen-bond acceptors (Lipinski definition) is 10. The van der Waals surface area contributed by atoms with Crippen molar-refractivity contribution in [1.82, 2.24) is 0 Å². The molecule has 0 N–H and O–H groups in total. The molecular weight excluding hydrogens is 616 g/mol. The van der Waals surface area contributed by atoms with Crippen LogP contribution in [0.5, 0.6) is 0 Å². The van der Waals surface area contributed by atoms with Gasteiger partial charge in [-0.1, -0.05) is 104 Å². The fourth-order valence-electron chi connectivity index (χ4n) is 4.73. The van der Waals surface area contributed by atoms with E-state index in [1.807, 2.05) is 0 Å². The maximum atomic E-state index is 5.68. The van der Waals surface area contributed by atoms with Crippen LogP contribution in [0, 0.1) is 0 Å². The third-order valence-corrected chi connectivity index (χ3v) is 7.63. The second-order valence-corrected chi connectivity index (χ2v) is 12.1. The minimum atomic E-state index is 0.535. The predicted octanol–water partition coefficient (Wildman–Crippen LogP) is 7.43. The van der Waals surface area contributed by atoms with Crippen molar-refractivity contribution >= 4 is 0 Å². The second-order valence-electron chi connectivity index (χ2n) is 12.1. The Morgan fingerprint density at radius 3 is 0.562 bits per heavy atom. The van der Waals surface area contributed by atoms with E-state index in [1.165, 1.54) is 83.5 Å². The highest BCUT2D eigenvalue weighted by Gasteiger charge is 1.97. The minimum absolute atomic E-state index is 0.535. The molecule has 0 radical (unpaired) electrons. The monoisotopic (exact) mass is 695 g/mol. The standard InChI is InChI=1S/C38H78O10/c1-3-5-7-8-9-10-11-12-13-14-15-16-17-18-20-40-22-24-42-26-28-44-30-32-46-34-36-48-38-37-47-35-33-45-31-29-43-27-25-41-23-21-39-19-6-4-2/h3-38H2,1-2H3. The molecule has 0 unspecified atom stereocenters. The van der Waals surface area contributed by atoms with Gasteiger partial charge in [0.25, 0.3) is 0 Å². The maximum absolute atomic E-state index is 5.68. The molecule has 0 aromatic rings. The van der Waals surface area contributed by atoms with Crippen LogP contribution >= 0.6 is 0 Å². The van der Waals surface area contributed by atoms with Gasteiger partial charge in [-0.2, -0.15) is 0 Å². The zero-order chi connectivity index (χ0) is 34.5. The van der Waals surface area contributed by atoms with Crippen molar-refractivity contribution in [2.24, 2.45) is 0 Å². The molecule has 0 spiro atoms. The van der Waals surface area contributed by atoms with Gasteiger partial charge >= 0.3 is 0 Å². The second kappa shape index (κ2) is 46.6. The van der Waals surface area contributed by atoms with Crippen molar-refractivity contribution in [3.63, 3.8) is 0 Å². The van der Waals surface area contributed by atoms with Gasteiger partial charge in [0.05, 0.1) is 119 Å². The molecule has 290 valence electrons. The lowest BCUT2D eigenvalue weighted by Gasteiger charge is -2.09. The number of ether oxygens (including phenoxy) is 10. The van der Waals surface area contributed by atoms with E-state index in [1.54, 1.807) is 0 Å². The molecule has 10 nitrogen and oxygen atoms in total. The molecule has 0 atom stereocenters. The fourth-order valence-corrected chi connectivity index (χ4v) is 4.73. The van der Waals surface area contributed by atoms with Gasteiger partial charge in [0.1, 0.15) is 0 Å². The lowest BCUT2D eigenvalue weighted by Crippen LogP contribution is -2.15. The number of rotatable bonds is 45. The van der Waals surface area contributed by atoms with E-state index >= 15 is 0 Å². The molecule has 0 rings (SSSR count). The summed E-state index contributed by atoms with van der Waals surface area (Å²) in [6.45, 7) is 16.3. The summed E-state index contributed by atoms with van der Waals surface area (Å²) in [5.41, 5.74) is 0. The van der Waals surface area contributed by atoms with Crippen LogP contribution in [0.2, 0.25) is 0 Å². The van der Waals surface area contributed by atoms with Crippen molar-refractivity contribution in [1.29, 1.82) is 0 Å². The highest BCUT2D eigenvalue weighted by molar-refractivity contribution is 4.49. The van der Waals surface area contributed by atoms with Crippen LogP contribution in [0.3, 0.4) is 0 Å². The van der Waals surface area contributed by atoms with Gasteiger partial charge in [0, 0.05) is 13.2 Å². The molecular formula is C38H78O10. The third kappa shape index (κ3) is 45.6. The summed E-state index contributed by atoms with van der Waals surface area (Å²) in [7, 11) is 0. The lowest BCUT2D eigenvalue weighted by molar-refractivity contribution is -0.0264. The highest BCUT2D eigenvalue weighted by Crippen LogP contribution is 2.13. The van der Waals surface area contributed by atoms with Gasteiger partial charge in [0.15, 0.2) is 0 Å². The Kier molecular flexibility index (Phi) is 46.2. The minimum Gasteiger partial charge on any atom is -0.379 e. The summed E-state index contributed by atoms with van der Waals surface area (Å²) in [4.78, 5) is 0. The first-order chi connectivity index (χ1) is 23.9.